The lowest BCUT2D eigenvalue weighted by molar-refractivity contribution is -0.136. The van der Waals surface area contributed by atoms with Gasteiger partial charge in [-0.2, -0.15) is 0 Å². The van der Waals surface area contributed by atoms with Crippen LogP contribution in [-0.2, 0) is 14.3 Å². The summed E-state index contributed by atoms with van der Waals surface area (Å²) in [5.41, 5.74) is 5.32. The predicted molar refractivity (Wildman–Crippen MR) is 130 cm³/mol. The van der Waals surface area contributed by atoms with Crippen LogP contribution in [0.5, 0.6) is 11.5 Å². The summed E-state index contributed by atoms with van der Waals surface area (Å²) in [6, 6.07) is 13.2. The van der Waals surface area contributed by atoms with Crippen LogP contribution in [0.1, 0.15) is 42.7 Å². The number of rotatable bonds is 5. The van der Waals surface area contributed by atoms with Crippen molar-refractivity contribution in [2.24, 2.45) is 0 Å². The number of phenolic OH excluding ortho intramolecular Hbond substituents is 1. The molecule has 0 saturated heterocycles. The van der Waals surface area contributed by atoms with Crippen molar-refractivity contribution in [2.45, 2.75) is 31.6 Å². The first-order valence-electron chi connectivity index (χ1n) is 11.2. The normalized spacial score (nSPS) is 20.0. The Kier molecular flexibility index (Phi) is 6.37. The number of ketones is 1. The number of nitrogens with one attached hydrogen (secondary N) is 1. The first kappa shape index (κ1) is 23.4. The Labute approximate surface area is 199 Å². The third-order valence-corrected chi connectivity index (χ3v) is 6.65. The quantitative estimate of drug-likeness (QED) is 0.650. The average Bonchev–Trinajstić information content (AvgIpc) is 2.83. The minimum Gasteiger partial charge on any atom is -0.504 e. The maximum atomic E-state index is 13.6. The summed E-state index contributed by atoms with van der Waals surface area (Å²) < 4.78 is 10.4. The summed E-state index contributed by atoms with van der Waals surface area (Å²) in [5.74, 6) is -0.808. The predicted octanol–water partition coefficient (Wildman–Crippen LogP) is 4.00. The second kappa shape index (κ2) is 9.25. The van der Waals surface area contributed by atoms with Gasteiger partial charge in [0.15, 0.2) is 17.3 Å². The number of dihydropyridines is 1. The molecule has 4 rings (SSSR count). The van der Waals surface area contributed by atoms with E-state index in [1.165, 1.54) is 20.3 Å². The zero-order valence-corrected chi connectivity index (χ0v) is 20.1. The molecular formula is C27H30N2O5. The van der Waals surface area contributed by atoms with Crippen LogP contribution in [0.4, 0.5) is 5.69 Å². The lowest BCUT2D eigenvalue weighted by Crippen LogP contribution is -2.36. The van der Waals surface area contributed by atoms with Gasteiger partial charge in [-0.15, -0.1) is 0 Å². The first-order valence-corrected chi connectivity index (χ1v) is 11.2. The van der Waals surface area contributed by atoms with Crippen molar-refractivity contribution < 1.29 is 24.2 Å². The van der Waals surface area contributed by atoms with E-state index in [4.69, 9.17) is 9.47 Å². The molecule has 34 heavy (non-hydrogen) atoms. The lowest BCUT2D eigenvalue weighted by atomic mass is 9.71. The smallest absolute Gasteiger partial charge is 0.336 e. The molecule has 0 unspecified atom stereocenters. The number of aromatic hydroxyl groups is 1. The van der Waals surface area contributed by atoms with Crippen molar-refractivity contribution in [2.75, 3.05) is 33.2 Å². The molecule has 1 aliphatic heterocycles. The number of phenols is 1. The monoisotopic (exact) mass is 462 g/mol. The number of hydrogen-bond donors (Lipinski definition) is 2. The first-order chi connectivity index (χ1) is 16.2. The van der Waals surface area contributed by atoms with Gasteiger partial charge in [-0.25, -0.2) is 4.79 Å². The van der Waals surface area contributed by atoms with Crippen LogP contribution in [0.2, 0.25) is 0 Å². The van der Waals surface area contributed by atoms with Crippen LogP contribution in [0.25, 0.3) is 0 Å². The summed E-state index contributed by atoms with van der Waals surface area (Å²) in [4.78, 5) is 28.4. The van der Waals surface area contributed by atoms with Gasteiger partial charge in [-0.05, 0) is 54.7 Å². The van der Waals surface area contributed by atoms with Crippen molar-refractivity contribution in [1.29, 1.82) is 0 Å². The Morgan fingerprint density at radius 1 is 1.06 bits per heavy atom. The maximum Gasteiger partial charge on any atom is 0.336 e. The molecule has 1 aliphatic carbocycles. The van der Waals surface area contributed by atoms with E-state index in [0.29, 0.717) is 35.2 Å². The Morgan fingerprint density at radius 3 is 2.35 bits per heavy atom. The number of carbonyl (C=O) groups excluding carboxylic acids is 2. The van der Waals surface area contributed by atoms with Gasteiger partial charge in [-0.1, -0.05) is 18.2 Å². The van der Waals surface area contributed by atoms with Crippen molar-refractivity contribution in [1.82, 2.24) is 5.32 Å². The number of hydrogen-bond acceptors (Lipinski definition) is 7. The fourth-order valence-corrected chi connectivity index (χ4v) is 4.91. The topological polar surface area (TPSA) is 88.1 Å². The Bertz CT molecular complexity index is 1190. The van der Waals surface area contributed by atoms with Gasteiger partial charge in [0.1, 0.15) is 0 Å². The Morgan fingerprint density at radius 2 is 1.74 bits per heavy atom. The van der Waals surface area contributed by atoms with E-state index >= 15 is 0 Å². The molecule has 2 aromatic rings. The van der Waals surface area contributed by atoms with Crippen LogP contribution in [0.3, 0.4) is 0 Å². The molecule has 1 heterocycles. The fraction of sp³-hybridized carbons (Fsp3) is 0.333. The molecule has 0 spiro atoms. The van der Waals surface area contributed by atoms with E-state index in [1.54, 1.807) is 12.1 Å². The number of methoxy groups -OCH3 is 2. The highest BCUT2D eigenvalue weighted by atomic mass is 16.5. The van der Waals surface area contributed by atoms with Gasteiger partial charge in [0, 0.05) is 49.1 Å². The van der Waals surface area contributed by atoms with Gasteiger partial charge < -0.3 is 24.8 Å². The van der Waals surface area contributed by atoms with Gasteiger partial charge in [-0.3, -0.25) is 4.79 Å². The highest BCUT2D eigenvalue weighted by Gasteiger charge is 2.41. The summed E-state index contributed by atoms with van der Waals surface area (Å²) in [6.07, 6.45) is 1.00. The largest absolute Gasteiger partial charge is 0.504 e. The van der Waals surface area contributed by atoms with E-state index in [1.807, 2.05) is 25.9 Å². The molecule has 0 saturated carbocycles. The molecule has 2 atom stereocenters. The van der Waals surface area contributed by atoms with Crippen LogP contribution < -0.4 is 15.0 Å². The van der Waals surface area contributed by atoms with E-state index in [-0.39, 0.29) is 23.2 Å². The molecule has 2 aromatic carbocycles. The molecular weight excluding hydrogens is 432 g/mol. The molecule has 2 N–H and O–H groups in total. The summed E-state index contributed by atoms with van der Waals surface area (Å²) in [7, 11) is 6.78. The minimum absolute atomic E-state index is 0.00841. The van der Waals surface area contributed by atoms with Crippen LogP contribution in [0, 0.1) is 0 Å². The van der Waals surface area contributed by atoms with Crippen molar-refractivity contribution >= 4 is 17.4 Å². The van der Waals surface area contributed by atoms with Gasteiger partial charge >= 0.3 is 5.97 Å². The number of anilines is 1. The number of nitrogens with zero attached hydrogens (tertiary/aromatic N) is 1. The van der Waals surface area contributed by atoms with Crippen LogP contribution in [-0.4, -0.2) is 45.2 Å². The number of allylic oxidation sites excluding steroid dienone is 3. The number of ether oxygens (including phenoxy) is 2. The third kappa shape index (κ3) is 4.14. The standard InChI is InChI=1S/C27H30N2O5/c1-15-24(27(32)34-5)25(17-8-11-21(30)23(14-17)33-4)26-20(28-15)12-18(13-22(26)31)16-6-9-19(10-7-16)29(2)3/h6-11,14,18,25,28,30H,12-13H2,1-5H3/t18-,25+/m1/s1. The maximum absolute atomic E-state index is 13.6. The SMILES string of the molecule is COC(=O)C1=C(C)NC2=C(C(=O)C[C@H](c3ccc(N(C)C)cc3)C2)[C@H]1c1ccc(O)c(OC)c1. The van der Waals surface area contributed by atoms with E-state index < -0.39 is 11.9 Å². The van der Waals surface area contributed by atoms with Gasteiger partial charge in [0.05, 0.1) is 19.8 Å². The zero-order valence-electron chi connectivity index (χ0n) is 20.1. The highest BCUT2D eigenvalue weighted by molar-refractivity contribution is 6.04. The number of benzene rings is 2. The lowest BCUT2D eigenvalue weighted by Gasteiger charge is -2.36. The molecule has 0 aromatic heterocycles. The average molecular weight is 463 g/mol. The molecule has 7 nitrogen and oxygen atoms in total. The van der Waals surface area contributed by atoms with Gasteiger partial charge in [0.25, 0.3) is 0 Å². The second-order valence-corrected chi connectivity index (χ2v) is 8.93. The molecule has 0 amide bonds. The fourth-order valence-electron chi connectivity index (χ4n) is 4.91. The summed E-state index contributed by atoms with van der Waals surface area (Å²) in [6.45, 7) is 1.82. The molecule has 178 valence electrons. The van der Waals surface area contributed by atoms with Crippen molar-refractivity contribution in [3.8, 4) is 11.5 Å². The second-order valence-electron chi connectivity index (χ2n) is 8.93. The van der Waals surface area contributed by atoms with E-state index in [0.717, 1.165) is 16.9 Å². The zero-order chi connectivity index (χ0) is 24.6. The van der Waals surface area contributed by atoms with Crippen molar-refractivity contribution in [3.05, 3.63) is 76.1 Å². The molecule has 0 bridgehead atoms. The Hall–Kier alpha value is -3.74. The van der Waals surface area contributed by atoms with E-state index in [2.05, 4.69) is 29.6 Å². The molecule has 0 fully saturated rings. The van der Waals surface area contributed by atoms with Gasteiger partial charge in [0.2, 0.25) is 0 Å². The Balaban J connectivity index is 1.78. The minimum atomic E-state index is -0.609. The molecule has 2 aliphatic rings. The van der Waals surface area contributed by atoms with Crippen LogP contribution >= 0.6 is 0 Å². The number of esters is 1. The molecule has 0 radical (unpaired) electrons. The summed E-state index contributed by atoms with van der Waals surface area (Å²) >= 11 is 0. The van der Waals surface area contributed by atoms with Crippen LogP contribution in [0.15, 0.2) is 65.0 Å². The van der Waals surface area contributed by atoms with Crippen molar-refractivity contribution in [3.63, 3.8) is 0 Å². The highest BCUT2D eigenvalue weighted by Crippen LogP contribution is 2.46. The molecule has 7 heteroatoms. The van der Waals surface area contributed by atoms with E-state index in [9.17, 15) is 14.7 Å². The summed E-state index contributed by atoms with van der Waals surface area (Å²) in [5, 5.41) is 13.4. The number of Topliss-reactive ketones (excluding diaryl/α,β-unsaturated/α-hetero) is 1. The third-order valence-electron chi connectivity index (χ3n) is 6.65. The number of carbonyl (C=O) groups is 2.